The fourth-order valence-electron chi connectivity index (χ4n) is 1.49. The molecule has 0 aliphatic heterocycles. The van der Waals surface area contributed by atoms with Gasteiger partial charge in [-0.2, -0.15) is 0 Å². The molecule has 1 heterocycles. The Morgan fingerprint density at radius 1 is 1.05 bits per heavy atom. The fourth-order valence-corrected chi connectivity index (χ4v) is 1.49. The summed E-state index contributed by atoms with van der Waals surface area (Å²) >= 11 is 0. The summed E-state index contributed by atoms with van der Waals surface area (Å²) in [5.41, 5.74) is 2.40. The first-order valence-electron chi connectivity index (χ1n) is 6.39. The maximum absolute atomic E-state index is 10.9. The normalized spacial score (nSPS) is 8.29. The molecule has 0 atom stereocenters. The third kappa shape index (κ3) is 9.44. The monoisotopic (exact) mass is 283 g/mol. The van der Waals surface area contributed by atoms with Gasteiger partial charge < -0.3 is 5.32 Å². The number of carbonyl (C=O) groups is 1. The molecule has 111 valence electrons. The summed E-state index contributed by atoms with van der Waals surface area (Å²) in [4.78, 5) is 14.8. The maximum atomic E-state index is 10.9. The Labute approximate surface area is 130 Å². The third-order valence-electron chi connectivity index (χ3n) is 2.64. The van der Waals surface area contributed by atoms with E-state index in [0.717, 1.165) is 12.0 Å². The van der Waals surface area contributed by atoms with Gasteiger partial charge in [-0.15, -0.1) is 0 Å². The van der Waals surface area contributed by atoms with Crippen LogP contribution in [0.1, 0.15) is 25.5 Å². The number of rotatable bonds is 3. The lowest BCUT2D eigenvalue weighted by Gasteiger charge is -1.98. The number of amides is 1. The van der Waals surface area contributed by atoms with E-state index in [1.165, 1.54) is 5.56 Å². The number of hydrogen-bond donors (Lipinski definition) is 1. The van der Waals surface area contributed by atoms with Crippen LogP contribution in [0.4, 0.5) is 0 Å². The van der Waals surface area contributed by atoms with E-state index in [2.05, 4.69) is 17.2 Å². The number of hydrogen-bond acceptors (Lipinski definition) is 2. The number of benzene rings is 1. The minimum atomic E-state index is 0. The van der Waals surface area contributed by atoms with Gasteiger partial charge in [-0.1, -0.05) is 44.7 Å². The third-order valence-corrected chi connectivity index (χ3v) is 2.64. The highest BCUT2D eigenvalue weighted by molar-refractivity contribution is 5.78. The summed E-state index contributed by atoms with van der Waals surface area (Å²) in [5, 5.41) is 2.57. The summed E-state index contributed by atoms with van der Waals surface area (Å²) in [5.74, 6) is 0.0520. The Kier molecular flexibility index (Phi) is 13.0. The van der Waals surface area contributed by atoms with Crippen LogP contribution in [0, 0.1) is 0 Å². The van der Waals surface area contributed by atoms with Gasteiger partial charge in [0.25, 0.3) is 0 Å². The Morgan fingerprint density at radius 2 is 1.62 bits per heavy atom. The van der Waals surface area contributed by atoms with E-state index in [1.807, 2.05) is 54.9 Å². The quantitative estimate of drug-likeness (QED) is 0.880. The van der Waals surface area contributed by atoms with Crippen LogP contribution in [0.15, 0.2) is 54.9 Å². The van der Waals surface area contributed by atoms with Crippen molar-refractivity contribution in [1.29, 1.82) is 0 Å². The molecule has 0 spiro atoms. The summed E-state index contributed by atoms with van der Waals surface area (Å²) in [6.45, 7) is 2.13. The summed E-state index contributed by atoms with van der Waals surface area (Å²) in [6, 6.07) is 13.7. The molecule has 0 saturated carbocycles. The molecular weight excluding hydrogens is 259 g/mol. The summed E-state index contributed by atoms with van der Waals surface area (Å²) in [6.07, 6.45) is 5.21. The minimum absolute atomic E-state index is 0. The number of pyridine rings is 1. The summed E-state index contributed by atoms with van der Waals surface area (Å²) < 4.78 is 0. The Balaban J connectivity index is 0. The molecule has 0 aliphatic carbocycles. The molecule has 1 N–H and O–H groups in total. The van der Waals surface area contributed by atoms with Crippen LogP contribution in [-0.2, 0) is 17.6 Å². The number of nitrogens with zero attached hydrogens (tertiary/aromatic N) is 1. The van der Waals surface area contributed by atoms with E-state index in [9.17, 15) is 4.79 Å². The van der Waals surface area contributed by atoms with Gasteiger partial charge in [0.1, 0.15) is 0 Å². The van der Waals surface area contributed by atoms with Crippen LogP contribution in [0.2, 0.25) is 0 Å². The van der Waals surface area contributed by atoms with Gasteiger partial charge in [-0.25, -0.2) is 0 Å². The Bertz CT molecular complexity index is 475. The van der Waals surface area contributed by atoms with E-state index in [4.69, 9.17) is 0 Å². The maximum Gasteiger partial charge on any atom is 0.224 e. The highest BCUT2D eigenvalue weighted by Crippen LogP contribution is 1.98. The van der Waals surface area contributed by atoms with Crippen LogP contribution in [-0.4, -0.2) is 26.4 Å². The van der Waals surface area contributed by atoms with Crippen LogP contribution < -0.4 is 5.32 Å². The van der Waals surface area contributed by atoms with Gasteiger partial charge in [0.15, 0.2) is 0 Å². The largest absolute Gasteiger partial charge is 0.359 e. The van der Waals surface area contributed by atoms with Gasteiger partial charge in [-0.3, -0.25) is 9.78 Å². The lowest BCUT2D eigenvalue weighted by atomic mass is 10.1. The molecule has 4 heteroatoms. The smallest absolute Gasteiger partial charge is 0.224 e. The number of nitrogens with one attached hydrogen (secondary N) is 1. The molecule has 0 aliphatic rings. The van der Waals surface area contributed by atoms with E-state index in [1.54, 1.807) is 7.05 Å². The second kappa shape index (κ2) is 12.9. The second-order valence-corrected chi connectivity index (χ2v) is 4.04. The number of likely N-dealkylation sites (N-methyl/N-ethyl adjacent to an activating group) is 1. The minimum Gasteiger partial charge on any atom is -0.359 e. The van der Waals surface area contributed by atoms with Gasteiger partial charge in [-0.05, 0) is 29.7 Å². The van der Waals surface area contributed by atoms with Crippen LogP contribution in [0.3, 0.4) is 0 Å². The zero-order chi connectivity index (χ0) is 13.9. The van der Waals surface area contributed by atoms with Crippen molar-refractivity contribution in [3.05, 3.63) is 66.0 Å². The first-order valence-corrected chi connectivity index (χ1v) is 6.39. The van der Waals surface area contributed by atoms with Gasteiger partial charge >= 0.3 is 0 Å². The topological polar surface area (TPSA) is 42.0 Å². The Hall–Kier alpha value is -2.10. The number of aromatic nitrogens is 1. The summed E-state index contributed by atoms with van der Waals surface area (Å²) in [7, 11) is 1.64. The highest BCUT2D eigenvalue weighted by atomic mass is 16.1. The predicted octanol–water partition coefficient (Wildman–Crippen LogP) is 2.87. The molecular formula is C17H24BN2O. The van der Waals surface area contributed by atoms with Crippen molar-refractivity contribution in [2.24, 2.45) is 0 Å². The van der Waals surface area contributed by atoms with Crippen molar-refractivity contribution in [2.75, 3.05) is 7.05 Å². The molecule has 0 fully saturated rings. The van der Waals surface area contributed by atoms with Gasteiger partial charge in [0, 0.05) is 27.9 Å². The lowest BCUT2D eigenvalue weighted by Crippen LogP contribution is -2.19. The van der Waals surface area contributed by atoms with Crippen LogP contribution >= 0.6 is 0 Å². The average Bonchev–Trinajstić information content (AvgIpc) is 2.49. The molecule has 2 rings (SSSR count). The van der Waals surface area contributed by atoms with Gasteiger partial charge in [0.05, 0.1) is 6.42 Å². The standard InChI is InChI=1S/C9H11NO.C7H9N.CH4.B/c1-10-9(11)7-8-5-3-2-4-6-8;1-2-7-3-5-8-6-4-7;;/h2-6H,7H2,1H3,(H,10,11);3-6H,2H2,1H3;1H4;. The molecule has 1 aromatic carbocycles. The number of aryl methyl sites for hydroxylation is 1. The van der Waals surface area contributed by atoms with Crippen LogP contribution in [0.25, 0.3) is 0 Å². The zero-order valence-corrected chi connectivity index (χ0v) is 12.0. The van der Waals surface area contributed by atoms with Crippen LogP contribution in [0.5, 0.6) is 0 Å². The Morgan fingerprint density at radius 3 is 2.05 bits per heavy atom. The van der Waals surface area contributed by atoms with Gasteiger partial charge in [0.2, 0.25) is 5.91 Å². The predicted molar refractivity (Wildman–Crippen MR) is 90.3 cm³/mol. The molecule has 1 amide bonds. The van der Waals surface area contributed by atoms with E-state index in [-0.39, 0.29) is 21.7 Å². The van der Waals surface area contributed by atoms with E-state index < -0.39 is 0 Å². The fraction of sp³-hybridized carbons (Fsp3) is 0.294. The molecule has 0 unspecified atom stereocenters. The average molecular weight is 283 g/mol. The van der Waals surface area contributed by atoms with Crippen molar-refractivity contribution < 1.29 is 4.79 Å². The zero-order valence-electron chi connectivity index (χ0n) is 12.0. The first-order chi connectivity index (χ1) is 9.26. The number of carbonyl (C=O) groups excluding carboxylic acids is 1. The van der Waals surface area contributed by atoms with Crippen molar-refractivity contribution in [3.8, 4) is 0 Å². The second-order valence-electron chi connectivity index (χ2n) is 4.04. The molecule has 2 aromatic rings. The first kappa shape index (κ1) is 21.2. The van der Waals surface area contributed by atoms with Crippen molar-refractivity contribution in [1.82, 2.24) is 10.3 Å². The molecule has 1 aromatic heterocycles. The van der Waals surface area contributed by atoms with E-state index >= 15 is 0 Å². The van der Waals surface area contributed by atoms with Crippen molar-refractivity contribution in [2.45, 2.75) is 27.2 Å². The molecule has 3 nitrogen and oxygen atoms in total. The lowest BCUT2D eigenvalue weighted by molar-refractivity contribution is -0.119. The molecule has 3 radical (unpaired) electrons. The highest BCUT2D eigenvalue weighted by Gasteiger charge is 1.97. The SMILES string of the molecule is C.CCc1ccncc1.CNC(=O)Cc1ccccc1.[B]. The van der Waals surface area contributed by atoms with Crippen molar-refractivity contribution in [3.63, 3.8) is 0 Å². The van der Waals surface area contributed by atoms with Crippen molar-refractivity contribution >= 4 is 14.3 Å². The van der Waals surface area contributed by atoms with E-state index in [0.29, 0.717) is 6.42 Å². The molecule has 0 bridgehead atoms. The molecule has 0 saturated heterocycles. The molecule has 21 heavy (non-hydrogen) atoms.